The van der Waals surface area contributed by atoms with E-state index in [1.165, 1.54) is 0 Å². The summed E-state index contributed by atoms with van der Waals surface area (Å²) in [6.45, 7) is 3.79. The Labute approximate surface area is 177 Å². The van der Waals surface area contributed by atoms with E-state index < -0.39 is 10.6 Å². The molecule has 3 aromatic rings. The number of rotatable bonds is 6. The van der Waals surface area contributed by atoms with Crippen LogP contribution in [0.4, 0.5) is 17.5 Å². The van der Waals surface area contributed by atoms with Gasteiger partial charge >= 0.3 is 0 Å². The first kappa shape index (κ1) is 21.3. The molecule has 0 aliphatic heterocycles. The van der Waals surface area contributed by atoms with E-state index >= 15 is 0 Å². The van der Waals surface area contributed by atoms with E-state index in [1.807, 2.05) is 38.1 Å². The number of aliphatic hydroxyl groups excluding tert-OH is 1. The van der Waals surface area contributed by atoms with E-state index in [0.29, 0.717) is 27.9 Å². The lowest BCUT2D eigenvalue weighted by molar-refractivity contribution is 0.281. The fourth-order valence-electron chi connectivity index (χ4n) is 2.58. The number of hydrogen-bond acceptors (Lipinski definition) is 7. The van der Waals surface area contributed by atoms with Crippen LogP contribution in [0.3, 0.4) is 0 Å². The minimum absolute atomic E-state index is 0.0514. The number of anilines is 3. The van der Waals surface area contributed by atoms with Crippen molar-refractivity contribution in [2.75, 3.05) is 17.2 Å². The monoisotopic (exact) mass is 421 g/mol. The molecule has 30 heavy (non-hydrogen) atoms. The Balaban J connectivity index is 1.90. The largest absolute Gasteiger partial charge is 0.394 e. The first-order valence-corrected chi connectivity index (χ1v) is 10.6. The van der Waals surface area contributed by atoms with Crippen molar-refractivity contribution >= 4 is 28.0 Å². The summed E-state index contributed by atoms with van der Waals surface area (Å²) < 4.78 is 18.5. The van der Waals surface area contributed by atoms with Gasteiger partial charge in [0.15, 0.2) is 0 Å². The zero-order valence-electron chi connectivity index (χ0n) is 16.7. The molecule has 0 bridgehead atoms. The summed E-state index contributed by atoms with van der Waals surface area (Å²) >= 11 is 0. The third kappa shape index (κ3) is 5.56. The van der Waals surface area contributed by atoms with Crippen molar-refractivity contribution in [1.29, 1.82) is 4.78 Å². The lowest BCUT2D eigenvalue weighted by atomic mass is 10.1. The number of hydrogen-bond donors (Lipinski definition) is 5. The molecule has 7 nitrogen and oxygen atoms in total. The molecule has 2 atom stereocenters. The summed E-state index contributed by atoms with van der Waals surface area (Å²) in [6.07, 6.45) is 1.63. The first-order chi connectivity index (χ1) is 14.5. The zero-order valence-corrected chi connectivity index (χ0v) is 17.6. The van der Waals surface area contributed by atoms with Crippen LogP contribution in [-0.4, -0.2) is 31.9 Å². The van der Waals surface area contributed by atoms with Crippen molar-refractivity contribution in [3.63, 3.8) is 0 Å². The minimum atomic E-state index is -2.12. The molecule has 0 saturated carbocycles. The molecule has 0 spiro atoms. The van der Waals surface area contributed by atoms with Gasteiger partial charge in [-0.05, 0) is 49.7 Å². The Bertz CT molecular complexity index is 1160. The van der Waals surface area contributed by atoms with Crippen LogP contribution in [0, 0.1) is 23.5 Å². The van der Waals surface area contributed by atoms with Gasteiger partial charge in [0, 0.05) is 22.2 Å². The fourth-order valence-corrected chi connectivity index (χ4v) is 3.00. The average molecular weight is 422 g/mol. The van der Waals surface area contributed by atoms with Gasteiger partial charge in [0.1, 0.15) is 5.82 Å². The van der Waals surface area contributed by atoms with Crippen molar-refractivity contribution in [1.82, 2.24) is 9.97 Å². The topological polar surface area (TPSA) is 111 Å². The second-order valence-electron chi connectivity index (χ2n) is 6.72. The van der Waals surface area contributed by atoms with Gasteiger partial charge in [-0.25, -0.2) is 9.19 Å². The van der Waals surface area contributed by atoms with Crippen molar-refractivity contribution in [2.24, 2.45) is 0 Å². The molecule has 0 amide bonds. The first-order valence-electron chi connectivity index (χ1n) is 9.34. The van der Waals surface area contributed by atoms with Crippen LogP contribution in [0.15, 0.2) is 59.6 Å². The van der Waals surface area contributed by atoms with Crippen LogP contribution in [0.5, 0.6) is 0 Å². The van der Waals surface area contributed by atoms with Gasteiger partial charge in [0.25, 0.3) is 0 Å². The average Bonchev–Trinajstić information content (AvgIpc) is 2.74. The van der Waals surface area contributed by atoms with Crippen molar-refractivity contribution in [2.45, 2.75) is 24.8 Å². The maximum Gasteiger partial charge on any atom is 0.229 e. The molecular weight excluding hydrogens is 398 g/mol. The lowest BCUT2D eigenvalue weighted by Crippen LogP contribution is -2.21. The standard InChI is InChI=1S/C22H23N5O2S/c1-15-5-3-4-6-17(15)7-8-18-13-24-22(27-21(18)25-16(2)14-28)26-19-9-11-20(12-10-19)30(23)29/h3-6,9-13,16,23,28,30H,14H2,1-2H3,(H2,24,25,26,27)/t16-/m1/s1. The number of aromatic nitrogens is 2. The van der Waals surface area contributed by atoms with E-state index in [9.17, 15) is 9.32 Å². The summed E-state index contributed by atoms with van der Waals surface area (Å²) in [6, 6.07) is 14.3. The molecule has 2 aromatic carbocycles. The van der Waals surface area contributed by atoms with Crippen molar-refractivity contribution in [3.05, 3.63) is 71.4 Å². The summed E-state index contributed by atoms with van der Waals surface area (Å²) in [5, 5.41) is 15.6. The number of aryl methyl sites for hydroxylation is 1. The maximum absolute atomic E-state index is 11.2. The molecule has 1 heterocycles. The molecule has 1 aromatic heterocycles. The van der Waals surface area contributed by atoms with Crippen LogP contribution < -0.4 is 10.6 Å². The third-order valence-corrected chi connectivity index (χ3v) is 5.05. The third-order valence-electron chi connectivity index (χ3n) is 4.28. The number of benzene rings is 2. The molecule has 154 valence electrons. The lowest BCUT2D eigenvalue weighted by Gasteiger charge is -2.14. The molecule has 0 aliphatic carbocycles. The van der Waals surface area contributed by atoms with E-state index in [2.05, 4.69) is 32.4 Å². The highest BCUT2D eigenvalue weighted by molar-refractivity contribution is 7.73. The van der Waals surface area contributed by atoms with E-state index in [4.69, 9.17) is 4.78 Å². The minimum Gasteiger partial charge on any atom is -0.394 e. The number of nitrogens with one attached hydrogen (secondary N) is 3. The quantitative estimate of drug-likeness (QED) is 0.308. The van der Waals surface area contributed by atoms with Crippen molar-refractivity contribution < 1.29 is 9.32 Å². The van der Waals surface area contributed by atoms with Gasteiger partial charge in [-0.1, -0.05) is 30.0 Å². The fraction of sp³-hybridized carbons (Fsp3) is 0.182. The van der Waals surface area contributed by atoms with Crippen LogP contribution >= 0.6 is 0 Å². The summed E-state index contributed by atoms with van der Waals surface area (Å²) in [5.74, 6) is 7.13. The molecule has 8 heteroatoms. The van der Waals surface area contributed by atoms with E-state index in [-0.39, 0.29) is 12.6 Å². The zero-order chi connectivity index (χ0) is 21.5. The number of aliphatic hydroxyl groups is 1. The second-order valence-corrected chi connectivity index (χ2v) is 7.82. The summed E-state index contributed by atoms with van der Waals surface area (Å²) in [7, 11) is -2.12. The normalized spacial score (nSPS) is 12.4. The smallest absolute Gasteiger partial charge is 0.229 e. The Morgan fingerprint density at radius 1 is 1.13 bits per heavy atom. The summed E-state index contributed by atoms with van der Waals surface area (Å²) in [5.41, 5.74) is 3.33. The summed E-state index contributed by atoms with van der Waals surface area (Å²) in [4.78, 5) is 9.30. The van der Waals surface area contributed by atoms with Crippen LogP contribution in [-0.2, 0) is 10.6 Å². The van der Waals surface area contributed by atoms with Crippen LogP contribution in [0.2, 0.25) is 0 Å². The van der Waals surface area contributed by atoms with Gasteiger partial charge in [0.2, 0.25) is 5.95 Å². The highest BCUT2D eigenvalue weighted by Gasteiger charge is 2.09. The van der Waals surface area contributed by atoms with Gasteiger partial charge in [-0.15, -0.1) is 0 Å². The van der Waals surface area contributed by atoms with E-state index in [1.54, 1.807) is 30.5 Å². The van der Waals surface area contributed by atoms with Crippen LogP contribution in [0.25, 0.3) is 0 Å². The molecule has 4 N–H and O–H groups in total. The molecule has 0 saturated heterocycles. The predicted octanol–water partition coefficient (Wildman–Crippen LogP) is 3.32. The highest BCUT2D eigenvalue weighted by atomic mass is 32.2. The Kier molecular flexibility index (Phi) is 7.01. The highest BCUT2D eigenvalue weighted by Crippen LogP contribution is 2.19. The van der Waals surface area contributed by atoms with Crippen molar-refractivity contribution in [3.8, 4) is 11.8 Å². The van der Waals surface area contributed by atoms with Gasteiger partial charge in [-0.2, -0.15) is 4.98 Å². The molecule has 0 aliphatic rings. The molecular formula is C22H23N5O2S. The van der Waals surface area contributed by atoms with Gasteiger partial charge in [0.05, 0.1) is 29.0 Å². The maximum atomic E-state index is 11.2. The Hall–Kier alpha value is -3.41. The Morgan fingerprint density at radius 2 is 1.83 bits per heavy atom. The molecule has 1 unspecified atom stereocenters. The molecule has 3 rings (SSSR count). The number of nitrogens with zero attached hydrogens (tertiary/aromatic N) is 2. The predicted molar refractivity (Wildman–Crippen MR) is 120 cm³/mol. The molecule has 0 fully saturated rings. The Morgan fingerprint density at radius 3 is 2.50 bits per heavy atom. The van der Waals surface area contributed by atoms with Gasteiger partial charge < -0.3 is 15.7 Å². The van der Waals surface area contributed by atoms with Crippen LogP contribution in [0.1, 0.15) is 23.6 Å². The van der Waals surface area contributed by atoms with Gasteiger partial charge in [-0.3, -0.25) is 4.78 Å². The second kappa shape index (κ2) is 9.87. The SMILES string of the molecule is Cc1ccccc1C#Cc1cnc(Nc2ccc([SH](=N)=O)cc2)nc1N[C@H](C)CO. The number of thiol groups is 1. The van der Waals surface area contributed by atoms with E-state index in [0.717, 1.165) is 11.1 Å². The molecule has 0 radical (unpaired) electrons.